The lowest BCUT2D eigenvalue weighted by Gasteiger charge is -2.37. The Balaban J connectivity index is 1.72. The average Bonchev–Trinajstić information content (AvgIpc) is 2.80. The number of ether oxygens (including phenoxy) is 2. The van der Waals surface area contributed by atoms with Crippen molar-refractivity contribution in [1.29, 1.82) is 0 Å². The summed E-state index contributed by atoms with van der Waals surface area (Å²) in [6, 6.07) is 7.65. The van der Waals surface area contributed by atoms with Crippen LogP contribution in [0.5, 0.6) is 0 Å². The Hall–Kier alpha value is -2.72. The number of carbonyl (C=O) groups excluding carboxylic acids is 1. The number of carbonyl (C=O) groups is 1. The highest BCUT2D eigenvalue weighted by molar-refractivity contribution is 5.84. The van der Waals surface area contributed by atoms with E-state index in [4.69, 9.17) is 9.47 Å². The summed E-state index contributed by atoms with van der Waals surface area (Å²) in [5.74, 6) is -0.968. The van der Waals surface area contributed by atoms with Crippen LogP contribution in [-0.4, -0.2) is 62.5 Å². The van der Waals surface area contributed by atoms with E-state index in [1.807, 2.05) is 0 Å². The van der Waals surface area contributed by atoms with Crippen LogP contribution in [0.2, 0.25) is 0 Å². The van der Waals surface area contributed by atoms with Gasteiger partial charge in [-0.2, -0.15) is 13.2 Å². The second kappa shape index (κ2) is 10.3. The van der Waals surface area contributed by atoms with Crippen LogP contribution in [0, 0.1) is 5.82 Å². The van der Waals surface area contributed by atoms with Crippen molar-refractivity contribution in [2.75, 3.05) is 45.3 Å². The molecule has 2 heterocycles. The van der Waals surface area contributed by atoms with Crippen LogP contribution in [0.4, 0.5) is 23.4 Å². The van der Waals surface area contributed by atoms with Crippen LogP contribution in [0.3, 0.4) is 0 Å². The molecule has 0 radical (unpaired) electrons. The summed E-state index contributed by atoms with van der Waals surface area (Å²) >= 11 is 0. The molecule has 1 amide bonds. The van der Waals surface area contributed by atoms with Crippen molar-refractivity contribution < 1.29 is 31.8 Å². The van der Waals surface area contributed by atoms with Crippen molar-refractivity contribution in [3.05, 3.63) is 59.5 Å². The van der Waals surface area contributed by atoms with Gasteiger partial charge in [0.15, 0.2) is 6.29 Å². The minimum atomic E-state index is -4.45. The third kappa shape index (κ3) is 5.74. The maximum absolute atomic E-state index is 13.4. The topological polar surface area (TPSA) is 54.9 Å². The van der Waals surface area contributed by atoms with Gasteiger partial charge in [0, 0.05) is 53.0 Å². The Morgan fingerprint density at radius 2 is 1.69 bits per heavy atom. The zero-order chi connectivity index (χ0) is 23.3. The second-order valence-corrected chi connectivity index (χ2v) is 7.45. The summed E-state index contributed by atoms with van der Waals surface area (Å²) in [6.07, 6.45) is -3.69. The summed E-state index contributed by atoms with van der Waals surface area (Å²) < 4.78 is 62.9. The molecule has 174 valence electrons. The standard InChI is InChI=1S/C22H25F4N3O3/c1-31-20(32-2)14-18(15-3-5-17(23)6-4-15)21(30)29-11-9-28(10-12-29)19-13-16(7-8-27-19)22(24,25)26/h3-8,13,18,20H,9-12,14H2,1-2H3. The monoisotopic (exact) mass is 455 g/mol. The van der Waals surface area contributed by atoms with E-state index in [2.05, 4.69) is 4.98 Å². The van der Waals surface area contributed by atoms with Gasteiger partial charge in [0.25, 0.3) is 0 Å². The van der Waals surface area contributed by atoms with E-state index in [1.165, 1.54) is 26.4 Å². The Morgan fingerprint density at radius 1 is 1.06 bits per heavy atom. The number of rotatable bonds is 7. The third-order valence-electron chi connectivity index (χ3n) is 5.51. The van der Waals surface area contributed by atoms with Crippen LogP contribution in [0.15, 0.2) is 42.6 Å². The number of pyridine rings is 1. The second-order valence-electron chi connectivity index (χ2n) is 7.45. The summed E-state index contributed by atoms with van der Waals surface area (Å²) in [5, 5.41) is 0. The average molecular weight is 455 g/mol. The fraction of sp³-hybridized carbons (Fsp3) is 0.455. The first-order valence-electron chi connectivity index (χ1n) is 10.1. The Labute approximate surface area is 183 Å². The first kappa shape index (κ1) is 23.9. The molecule has 1 aromatic heterocycles. The summed E-state index contributed by atoms with van der Waals surface area (Å²) in [4.78, 5) is 20.7. The first-order chi connectivity index (χ1) is 15.2. The molecule has 1 atom stereocenters. The summed E-state index contributed by atoms with van der Waals surface area (Å²) in [7, 11) is 2.95. The van der Waals surface area contributed by atoms with E-state index in [1.54, 1.807) is 21.9 Å². The maximum Gasteiger partial charge on any atom is 0.416 e. The number of halogens is 4. The maximum atomic E-state index is 13.4. The fourth-order valence-corrected chi connectivity index (χ4v) is 3.70. The summed E-state index contributed by atoms with van der Waals surface area (Å²) in [6.45, 7) is 1.32. The van der Waals surface area contributed by atoms with Crippen LogP contribution in [-0.2, 0) is 20.4 Å². The molecule has 0 N–H and O–H groups in total. The van der Waals surface area contributed by atoms with Gasteiger partial charge < -0.3 is 19.3 Å². The quantitative estimate of drug-likeness (QED) is 0.471. The Morgan fingerprint density at radius 3 is 2.25 bits per heavy atom. The Kier molecular flexibility index (Phi) is 7.68. The van der Waals surface area contributed by atoms with Gasteiger partial charge in [0.05, 0.1) is 11.5 Å². The molecule has 0 aliphatic carbocycles. The fourth-order valence-electron chi connectivity index (χ4n) is 3.70. The zero-order valence-electron chi connectivity index (χ0n) is 17.8. The van der Waals surface area contributed by atoms with Gasteiger partial charge in [-0.05, 0) is 29.8 Å². The molecule has 1 fully saturated rings. The predicted octanol–water partition coefficient (Wildman–Crippen LogP) is 3.68. The summed E-state index contributed by atoms with van der Waals surface area (Å²) in [5.41, 5.74) is -0.125. The smallest absolute Gasteiger partial charge is 0.356 e. The minimum absolute atomic E-state index is 0.174. The van der Waals surface area contributed by atoms with E-state index >= 15 is 0 Å². The van der Waals surface area contributed by atoms with Gasteiger partial charge in [-0.1, -0.05) is 12.1 Å². The normalized spacial score (nSPS) is 15.8. The van der Waals surface area contributed by atoms with Crippen molar-refractivity contribution in [3.8, 4) is 0 Å². The SMILES string of the molecule is COC(CC(C(=O)N1CCN(c2cc(C(F)(F)F)ccn2)CC1)c1ccc(F)cc1)OC. The van der Waals surface area contributed by atoms with Crippen molar-refractivity contribution in [2.45, 2.75) is 24.8 Å². The van der Waals surface area contributed by atoms with Gasteiger partial charge in [0.2, 0.25) is 5.91 Å². The predicted molar refractivity (Wildman–Crippen MR) is 110 cm³/mol. The molecule has 1 aliphatic heterocycles. The number of nitrogens with zero attached hydrogens (tertiary/aromatic N) is 3. The molecule has 1 aromatic carbocycles. The number of hydrogen-bond acceptors (Lipinski definition) is 5. The van der Waals surface area contributed by atoms with Crippen molar-refractivity contribution in [2.24, 2.45) is 0 Å². The highest BCUT2D eigenvalue weighted by atomic mass is 19.4. The van der Waals surface area contributed by atoms with Crippen molar-refractivity contribution >= 4 is 11.7 Å². The molecule has 1 saturated heterocycles. The first-order valence-corrected chi connectivity index (χ1v) is 10.1. The van der Waals surface area contributed by atoms with E-state index < -0.39 is 29.8 Å². The number of benzene rings is 1. The van der Waals surface area contributed by atoms with Crippen molar-refractivity contribution in [1.82, 2.24) is 9.88 Å². The Bertz CT molecular complexity index is 896. The lowest BCUT2D eigenvalue weighted by atomic mass is 9.93. The highest BCUT2D eigenvalue weighted by Crippen LogP contribution is 2.31. The zero-order valence-corrected chi connectivity index (χ0v) is 17.8. The van der Waals surface area contributed by atoms with Crippen LogP contribution < -0.4 is 4.90 Å². The van der Waals surface area contributed by atoms with Crippen molar-refractivity contribution in [3.63, 3.8) is 0 Å². The number of hydrogen-bond donors (Lipinski definition) is 0. The van der Waals surface area contributed by atoms with Gasteiger partial charge in [-0.15, -0.1) is 0 Å². The van der Waals surface area contributed by atoms with E-state index in [-0.39, 0.29) is 18.1 Å². The van der Waals surface area contributed by atoms with E-state index in [9.17, 15) is 22.4 Å². The minimum Gasteiger partial charge on any atom is -0.356 e. The van der Waals surface area contributed by atoms with Gasteiger partial charge >= 0.3 is 6.18 Å². The number of aromatic nitrogens is 1. The molecule has 3 rings (SSSR count). The highest BCUT2D eigenvalue weighted by Gasteiger charge is 2.33. The lowest BCUT2D eigenvalue weighted by molar-refractivity contribution is -0.140. The molecule has 0 bridgehead atoms. The third-order valence-corrected chi connectivity index (χ3v) is 5.51. The molecular formula is C22H25F4N3O3. The molecule has 0 spiro atoms. The number of amides is 1. The molecule has 32 heavy (non-hydrogen) atoms. The van der Waals surface area contributed by atoms with Crippen LogP contribution >= 0.6 is 0 Å². The molecule has 0 saturated carbocycles. The van der Waals surface area contributed by atoms with Gasteiger partial charge in [-0.25, -0.2) is 9.37 Å². The molecule has 1 aliphatic rings. The molecular weight excluding hydrogens is 430 g/mol. The lowest BCUT2D eigenvalue weighted by Crippen LogP contribution is -2.50. The number of piperazine rings is 1. The molecule has 2 aromatic rings. The van der Waals surface area contributed by atoms with E-state index in [0.717, 1.165) is 18.3 Å². The number of methoxy groups -OCH3 is 2. The number of alkyl halides is 3. The molecule has 6 nitrogen and oxygen atoms in total. The largest absolute Gasteiger partial charge is 0.416 e. The molecule has 10 heteroatoms. The molecule has 1 unspecified atom stereocenters. The van der Waals surface area contributed by atoms with E-state index in [0.29, 0.717) is 31.7 Å². The van der Waals surface area contributed by atoms with Crippen LogP contribution in [0.1, 0.15) is 23.5 Å². The van der Waals surface area contributed by atoms with Crippen LogP contribution in [0.25, 0.3) is 0 Å². The number of anilines is 1. The van der Waals surface area contributed by atoms with Gasteiger partial charge in [0.1, 0.15) is 11.6 Å². The van der Waals surface area contributed by atoms with Gasteiger partial charge in [-0.3, -0.25) is 4.79 Å².